The minimum Gasteiger partial charge on any atom is -0.427 e. The summed E-state index contributed by atoms with van der Waals surface area (Å²) in [5.74, 6) is 0.399. The third-order valence-corrected chi connectivity index (χ3v) is 9.41. The van der Waals surface area contributed by atoms with Gasteiger partial charge < -0.3 is 20.6 Å². The number of hydroxylamine groups is 2. The second-order valence-electron chi connectivity index (χ2n) is 11.3. The normalized spacial score (nSPS) is 15.1. The van der Waals surface area contributed by atoms with E-state index in [4.69, 9.17) is 15.3 Å². The summed E-state index contributed by atoms with van der Waals surface area (Å²) in [6.07, 6.45) is 7.75. The van der Waals surface area contributed by atoms with Crippen molar-refractivity contribution in [2.75, 3.05) is 29.9 Å². The number of aromatic nitrogens is 3. The summed E-state index contributed by atoms with van der Waals surface area (Å²) in [6.45, 7) is 6.21. The van der Waals surface area contributed by atoms with Crippen molar-refractivity contribution < 1.29 is 22.8 Å². The maximum absolute atomic E-state index is 13.1. The van der Waals surface area contributed by atoms with Crippen molar-refractivity contribution in [2.24, 2.45) is 5.92 Å². The Morgan fingerprint density at radius 3 is 2.42 bits per heavy atom. The predicted octanol–water partition coefficient (Wildman–Crippen LogP) is 5.93. The van der Waals surface area contributed by atoms with Crippen molar-refractivity contribution in [1.29, 1.82) is 0 Å². The average molecular weight is 623 g/mol. The Bertz CT molecular complexity index is 1710. The topological polar surface area (TPSA) is 150 Å². The van der Waals surface area contributed by atoms with E-state index in [1.54, 1.807) is 57.4 Å². The smallest absolute Gasteiger partial charge is 0.427 e. The number of piperidine rings is 1. The van der Waals surface area contributed by atoms with Crippen LogP contribution in [0.15, 0.2) is 59.8 Å². The molecule has 43 heavy (non-hydrogen) atoms. The number of benzene rings is 2. The Balaban J connectivity index is 1.11. The van der Waals surface area contributed by atoms with Gasteiger partial charge in [0.1, 0.15) is 5.60 Å². The monoisotopic (exact) mass is 622 g/mol. The van der Waals surface area contributed by atoms with Crippen molar-refractivity contribution in [2.45, 2.75) is 44.1 Å². The average Bonchev–Trinajstić information content (AvgIpc) is 3.32. The molecular formula is C30H34N6O5S2. The lowest BCUT2D eigenvalue weighted by atomic mass is 10.0. The first-order valence-corrected chi connectivity index (χ1v) is 16.3. The van der Waals surface area contributed by atoms with E-state index in [-0.39, 0.29) is 16.6 Å². The molecule has 11 nitrogen and oxygen atoms in total. The van der Waals surface area contributed by atoms with Crippen LogP contribution in [-0.4, -0.2) is 59.0 Å². The zero-order chi connectivity index (χ0) is 30.6. The first-order valence-electron chi connectivity index (χ1n) is 13.8. The maximum Gasteiger partial charge on any atom is 0.528 e. The lowest BCUT2D eigenvalue weighted by molar-refractivity contribution is -0.154. The number of ether oxygens (including phenoxy) is 1. The molecule has 2 aromatic heterocycles. The van der Waals surface area contributed by atoms with Gasteiger partial charge in [-0.1, -0.05) is 29.6 Å². The number of anilines is 3. The molecule has 1 aliphatic heterocycles. The molecule has 1 aliphatic rings. The molecule has 0 amide bonds. The summed E-state index contributed by atoms with van der Waals surface area (Å²) in [5.41, 5.74) is 8.56. The number of rotatable bonds is 8. The Morgan fingerprint density at radius 2 is 1.74 bits per heavy atom. The molecule has 2 aromatic carbocycles. The summed E-state index contributed by atoms with van der Waals surface area (Å²) in [4.78, 5) is 30.4. The molecule has 0 unspecified atom stereocenters. The molecule has 3 heterocycles. The zero-order valence-electron chi connectivity index (χ0n) is 24.2. The molecule has 0 radical (unpaired) electrons. The molecule has 1 saturated heterocycles. The van der Waals surface area contributed by atoms with Crippen LogP contribution in [0.2, 0.25) is 0 Å². The summed E-state index contributed by atoms with van der Waals surface area (Å²) in [5, 5.41) is 5.18. The van der Waals surface area contributed by atoms with Gasteiger partial charge in [0, 0.05) is 36.7 Å². The van der Waals surface area contributed by atoms with Gasteiger partial charge in [-0.05, 0) is 81.5 Å². The van der Waals surface area contributed by atoms with Crippen LogP contribution >= 0.6 is 11.3 Å². The van der Waals surface area contributed by atoms with Crippen molar-refractivity contribution in [1.82, 2.24) is 20.0 Å². The quantitative estimate of drug-likeness (QED) is 0.225. The summed E-state index contributed by atoms with van der Waals surface area (Å²) in [6, 6.07) is 12.5. The van der Waals surface area contributed by atoms with Crippen LogP contribution in [0.5, 0.6) is 0 Å². The standard InChI is InChI=1S/C30H34N6O5S2/c1-30(2,3)40-29(37)41-36-14-12-21(13-15-36)19-43(38,39)24-9-7-23(8-10-24)34-28-32-17-22(18-33-28)5-4-20-6-11-25-26(16-20)42-27(31)35-25/h4-11,16-18,21H,12-15,19H2,1-3H3,(H2,31,35)(H,32,33,34). The molecule has 0 saturated carbocycles. The molecule has 0 spiro atoms. The van der Waals surface area contributed by atoms with Gasteiger partial charge in [0.2, 0.25) is 5.95 Å². The molecule has 0 aliphatic carbocycles. The van der Waals surface area contributed by atoms with Gasteiger partial charge in [0.05, 0.1) is 20.9 Å². The van der Waals surface area contributed by atoms with Crippen molar-refractivity contribution in [3.05, 3.63) is 66.0 Å². The SMILES string of the molecule is CC(C)(C)OC(=O)ON1CCC(CS(=O)(=O)c2ccc(Nc3ncc(C=Cc4ccc5nc(N)sc5c4)cn3)cc2)CC1. The molecule has 5 rings (SSSR count). The molecule has 3 N–H and O–H groups in total. The highest BCUT2D eigenvalue weighted by molar-refractivity contribution is 7.91. The fourth-order valence-corrected chi connectivity index (χ4v) is 7.05. The van der Waals surface area contributed by atoms with Crippen LogP contribution in [0.3, 0.4) is 0 Å². The molecular weight excluding hydrogens is 589 g/mol. The highest BCUT2D eigenvalue weighted by Crippen LogP contribution is 2.26. The number of nitrogens with two attached hydrogens (primary N) is 1. The first kappa shape index (κ1) is 30.4. The van der Waals surface area contributed by atoms with Crippen LogP contribution in [0.1, 0.15) is 44.7 Å². The Hall–Kier alpha value is -4.07. The van der Waals surface area contributed by atoms with Crippen LogP contribution < -0.4 is 11.1 Å². The number of nitrogens with one attached hydrogen (secondary N) is 1. The van der Waals surface area contributed by atoms with Gasteiger partial charge in [-0.2, -0.15) is 0 Å². The summed E-state index contributed by atoms with van der Waals surface area (Å²) in [7, 11) is -3.49. The number of carbonyl (C=O) groups is 1. The third kappa shape index (κ3) is 8.49. The second kappa shape index (κ2) is 12.7. The summed E-state index contributed by atoms with van der Waals surface area (Å²) >= 11 is 1.45. The number of nitrogens with zero attached hydrogens (tertiary/aromatic N) is 4. The van der Waals surface area contributed by atoms with E-state index in [0.717, 1.165) is 21.3 Å². The van der Waals surface area contributed by atoms with Crippen LogP contribution in [0.25, 0.3) is 22.4 Å². The van der Waals surface area contributed by atoms with Gasteiger partial charge >= 0.3 is 6.16 Å². The minimum atomic E-state index is -3.49. The number of thiazole rings is 1. The number of nitrogen functional groups attached to an aromatic ring is 1. The maximum atomic E-state index is 13.1. The Labute approximate surface area is 254 Å². The van der Waals surface area contributed by atoms with E-state index in [2.05, 4.69) is 20.3 Å². The summed E-state index contributed by atoms with van der Waals surface area (Å²) < 4.78 is 32.4. The highest BCUT2D eigenvalue weighted by Gasteiger charge is 2.28. The van der Waals surface area contributed by atoms with E-state index in [0.29, 0.717) is 42.7 Å². The molecule has 1 fully saturated rings. The first-order chi connectivity index (χ1) is 20.4. The van der Waals surface area contributed by atoms with Gasteiger partial charge in [-0.25, -0.2) is 28.2 Å². The second-order valence-corrected chi connectivity index (χ2v) is 14.4. The van der Waals surface area contributed by atoms with Gasteiger partial charge in [0.25, 0.3) is 0 Å². The Kier molecular flexibility index (Phi) is 8.95. The van der Waals surface area contributed by atoms with Gasteiger partial charge in [-0.3, -0.25) is 0 Å². The minimum absolute atomic E-state index is 0.0309. The molecule has 226 valence electrons. The van der Waals surface area contributed by atoms with Crippen LogP contribution in [-0.2, 0) is 19.4 Å². The number of fused-ring (bicyclic) bond motifs is 1. The third-order valence-electron chi connectivity index (χ3n) is 6.66. The molecule has 13 heteroatoms. The van der Waals surface area contributed by atoms with E-state index >= 15 is 0 Å². The number of carbonyl (C=O) groups excluding carboxylic acids is 1. The largest absolute Gasteiger partial charge is 0.528 e. The van der Waals surface area contributed by atoms with E-state index in [1.165, 1.54) is 16.4 Å². The number of hydrogen-bond acceptors (Lipinski definition) is 12. The molecule has 0 atom stereocenters. The Morgan fingerprint density at radius 1 is 1.07 bits per heavy atom. The van der Waals surface area contributed by atoms with Crippen molar-refractivity contribution in [3.8, 4) is 0 Å². The highest BCUT2D eigenvalue weighted by atomic mass is 32.2. The predicted molar refractivity (Wildman–Crippen MR) is 168 cm³/mol. The fraction of sp³-hybridized carbons (Fsp3) is 0.333. The van der Waals surface area contributed by atoms with Crippen molar-refractivity contribution >= 4 is 66.5 Å². The number of hydrogen-bond donors (Lipinski definition) is 2. The van der Waals surface area contributed by atoms with Gasteiger partial charge in [-0.15, -0.1) is 5.06 Å². The van der Waals surface area contributed by atoms with Crippen LogP contribution in [0.4, 0.5) is 21.6 Å². The molecule has 0 bridgehead atoms. The van der Waals surface area contributed by atoms with Gasteiger partial charge in [0.15, 0.2) is 15.0 Å². The zero-order valence-corrected chi connectivity index (χ0v) is 25.8. The van der Waals surface area contributed by atoms with E-state index in [1.807, 2.05) is 30.4 Å². The fourth-order valence-electron chi connectivity index (χ4n) is 4.57. The lowest BCUT2D eigenvalue weighted by Crippen LogP contribution is -2.38. The van der Waals surface area contributed by atoms with E-state index < -0.39 is 21.6 Å². The lowest BCUT2D eigenvalue weighted by Gasteiger charge is -2.30. The van der Waals surface area contributed by atoms with Crippen molar-refractivity contribution in [3.63, 3.8) is 0 Å². The number of sulfone groups is 1. The van der Waals surface area contributed by atoms with E-state index in [9.17, 15) is 13.2 Å². The van der Waals surface area contributed by atoms with Crippen LogP contribution in [0, 0.1) is 5.92 Å². The molecule has 4 aromatic rings.